The molecule has 1 saturated carbocycles. The van der Waals surface area contributed by atoms with Gasteiger partial charge in [-0.15, -0.1) is 0 Å². The number of rotatable bonds is 3. The summed E-state index contributed by atoms with van der Waals surface area (Å²) in [7, 11) is 0. The SMILES string of the molecule is N#Cc1ccc(NC2CCCCC2CO)c(F)c1. The molecule has 0 heterocycles. The summed E-state index contributed by atoms with van der Waals surface area (Å²) in [6, 6.07) is 6.46. The van der Waals surface area contributed by atoms with Crippen molar-refractivity contribution in [3.8, 4) is 6.07 Å². The lowest BCUT2D eigenvalue weighted by atomic mass is 9.85. The third kappa shape index (κ3) is 2.80. The summed E-state index contributed by atoms with van der Waals surface area (Å²) in [5, 5.41) is 21.2. The summed E-state index contributed by atoms with van der Waals surface area (Å²) < 4.78 is 13.7. The van der Waals surface area contributed by atoms with E-state index in [0.717, 1.165) is 25.7 Å². The van der Waals surface area contributed by atoms with E-state index in [0.29, 0.717) is 11.3 Å². The van der Waals surface area contributed by atoms with Crippen LogP contribution in [0.1, 0.15) is 31.2 Å². The molecular formula is C14H17FN2O. The van der Waals surface area contributed by atoms with Crippen LogP contribution in [-0.2, 0) is 0 Å². The van der Waals surface area contributed by atoms with E-state index < -0.39 is 5.82 Å². The highest BCUT2D eigenvalue weighted by Gasteiger charge is 2.24. The highest BCUT2D eigenvalue weighted by molar-refractivity contribution is 5.49. The van der Waals surface area contributed by atoms with Crippen molar-refractivity contribution in [1.29, 1.82) is 5.26 Å². The zero-order chi connectivity index (χ0) is 13.0. The zero-order valence-corrected chi connectivity index (χ0v) is 10.2. The summed E-state index contributed by atoms with van der Waals surface area (Å²) in [5.74, 6) is -0.217. The van der Waals surface area contributed by atoms with E-state index in [2.05, 4.69) is 5.32 Å². The Balaban J connectivity index is 2.10. The number of hydrogen-bond acceptors (Lipinski definition) is 3. The molecule has 1 aliphatic carbocycles. The lowest BCUT2D eigenvalue weighted by Crippen LogP contribution is -2.34. The minimum absolute atomic E-state index is 0.117. The van der Waals surface area contributed by atoms with Gasteiger partial charge in [0.15, 0.2) is 0 Å². The average molecular weight is 248 g/mol. The lowest BCUT2D eigenvalue weighted by Gasteiger charge is -2.31. The first-order valence-corrected chi connectivity index (χ1v) is 6.31. The number of nitrogens with one attached hydrogen (secondary N) is 1. The molecule has 0 amide bonds. The Morgan fingerprint density at radius 2 is 2.17 bits per heavy atom. The maximum atomic E-state index is 13.7. The van der Waals surface area contributed by atoms with Crippen LogP contribution in [0.2, 0.25) is 0 Å². The molecule has 2 rings (SSSR count). The van der Waals surface area contributed by atoms with E-state index in [1.807, 2.05) is 6.07 Å². The number of hydrogen-bond donors (Lipinski definition) is 2. The van der Waals surface area contributed by atoms with Crippen molar-refractivity contribution in [3.63, 3.8) is 0 Å². The predicted molar refractivity (Wildman–Crippen MR) is 67.6 cm³/mol. The van der Waals surface area contributed by atoms with E-state index in [4.69, 9.17) is 5.26 Å². The van der Waals surface area contributed by atoms with Crippen molar-refractivity contribution in [2.75, 3.05) is 11.9 Å². The highest BCUT2D eigenvalue weighted by atomic mass is 19.1. The molecule has 0 spiro atoms. The van der Waals surface area contributed by atoms with Gasteiger partial charge in [0.25, 0.3) is 0 Å². The first-order valence-electron chi connectivity index (χ1n) is 6.31. The van der Waals surface area contributed by atoms with Crippen LogP contribution in [0.25, 0.3) is 0 Å². The van der Waals surface area contributed by atoms with Gasteiger partial charge >= 0.3 is 0 Å². The van der Waals surface area contributed by atoms with Crippen molar-refractivity contribution >= 4 is 5.69 Å². The number of halogens is 1. The van der Waals surface area contributed by atoms with Crippen LogP contribution in [0.3, 0.4) is 0 Å². The molecule has 0 bridgehead atoms. The van der Waals surface area contributed by atoms with Crippen LogP contribution in [0.4, 0.5) is 10.1 Å². The fraction of sp³-hybridized carbons (Fsp3) is 0.500. The number of benzene rings is 1. The van der Waals surface area contributed by atoms with Gasteiger partial charge in [-0.1, -0.05) is 12.8 Å². The van der Waals surface area contributed by atoms with E-state index >= 15 is 0 Å². The van der Waals surface area contributed by atoms with Gasteiger partial charge in [-0.05, 0) is 31.0 Å². The molecule has 1 aromatic carbocycles. The monoisotopic (exact) mass is 248 g/mol. The number of aliphatic hydroxyl groups is 1. The molecule has 2 N–H and O–H groups in total. The first-order chi connectivity index (χ1) is 8.74. The Morgan fingerprint density at radius 3 is 2.83 bits per heavy atom. The number of aliphatic hydroxyl groups excluding tert-OH is 1. The van der Waals surface area contributed by atoms with Crippen molar-refractivity contribution in [1.82, 2.24) is 0 Å². The predicted octanol–water partition coefficient (Wildman–Crippen LogP) is 2.66. The largest absolute Gasteiger partial charge is 0.396 e. The van der Waals surface area contributed by atoms with E-state index in [-0.39, 0.29) is 18.6 Å². The molecule has 18 heavy (non-hydrogen) atoms. The molecule has 1 aliphatic rings. The van der Waals surface area contributed by atoms with Crippen LogP contribution in [0.15, 0.2) is 18.2 Å². The third-order valence-corrected chi connectivity index (χ3v) is 3.58. The van der Waals surface area contributed by atoms with Gasteiger partial charge in [0, 0.05) is 18.6 Å². The van der Waals surface area contributed by atoms with E-state index in [1.54, 1.807) is 12.1 Å². The van der Waals surface area contributed by atoms with Gasteiger partial charge < -0.3 is 10.4 Å². The molecule has 0 saturated heterocycles. The number of nitriles is 1. The molecule has 0 aromatic heterocycles. The molecule has 1 aromatic rings. The van der Waals surface area contributed by atoms with E-state index in [9.17, 15) is 9.50 Å². The minimum atomic E-state index is -0.406. The van der Waals surface area contributed by atoms with Crippen LogP contribution in [0.5, 0.6) is 0 Å². The molecule has 2 atom stereocenters. The Kier molecular flexibility index (Phi) is 4.16. The van der Waals surface area contributed by atoms with Gasteiger partial charge in [0.1, 0.15) is 5.82 Å². The molecule has 0 radical (unpaired) electrons. The Morgan fingerprint density at radius 1 is 1.39 bits per heavy atom. The summed E-state index contributed by atoms with van der Waals surface area (Å²) in [4.78, 5) is 0. The minimum Gasteiger partial charge on any atom is -0.396 e. The van der Waals surface area contributed by atoms with Crippen molar-refractivity contribution in [3.05, 3.63) is 29.6 Å². The molecule has 4 heteroatoms. The second-order valence-corrected chi connectivity index (χ2v) is 4.78. The standard InChI is InChI=1S/C14H17FN2O/c15-12-7-10(8-16)5-6-14(12)17-13-4-2-1-3-11(13)9-18/h5-7,11,13,17-18H,1-4,9H2. The van der Waals surface area contributed by atoms with Crippen LogP contribution < -0.4 is 5.32 Å². The van der Waals surface area contributed by atoms with E-state index in [1.165, 1.54) is 6.07 Å². The summed E-state index contributed by atoms with van der Waals surface area (Å²) in [5.41, 5.74) is 0.736. The molecule has 1 fully saturated rings. The molecule has 2 unspecified atom stereocenters. The molecule has 96 valence electrons. The Bertz CT molecular complexity index is 456. The molecular weight excluding hydrogens is 231 g/mol. The van der Waals surface area contributed by atoms with Crippen LogP contribution in [-0.4, -0.2) is 17.8 Å². The van der Waals surface area contributed by atoms with Gasteiger partial charge in [0.05, 0.1) is 17.3 Å². The number of nitrogens with zero attached hydrogens (tertiary/aromatic N) is 1. The van der Waals surface area contributed by atoms with Gasteiger partial charge in [-0.25, -0.2) is 4.39 Å². The fourth-order valence-corrected chi connectivity index (χ4v) is 2.52. The normalized spacial score (nSPS) is 23.4. The Labute approximate surface area is 106 Å². The van der Waals surface area contributed by atoms with Gasteiger partial charge in [0.2, 0.25) is 0 Å². The van der Waals surface area contributed by atoms with Gasteiger partial charge in [-0.2, -0.15) is 5.26 Å². The smallest absolute Gasteiger partial charge is 0.147 e. The maximum Gasteiger partial charge on any atom is 0.147 e. The quantitative estimate of drug-likeness (QED) is 0.864. The van der Waals surface area contributed by atoms with Crippen molar-refractivity contribution in [2.24, 2.45) is 5.92 Å². The van der Waals surface area contributed by atoms with Crippen molar-refractivity contribution < 1.29 is 9.50 Å². The summed E-state index contributed by atoms with van der Waals surface area (Å²) in [6.45, 7) is 0.134. The topological polar surface area (TPSA) is 56.0 Å². The molecule has 0 aliphatic heterocycles. The Hall–Kier alpha value is -1.60. The average Bonchev–Trinajstić information content (AvgIpc) is 2.41. The first kappa shape index (κ1) is 12.8. The lowest BCUT2D eigenvalue weighted by molar-refractivity contribution is 0.178. The summed E-state index contributed by atoms with van der Waals surface area (Å²) in [6.07, 6.45) is 4.15. The molecule has 3 nitrogen and oxygen atoms in total. The highest BCUT2D eigenvalue weighted by Crippen LogP contribution is 2.28. The maximum absolute atomic E-state index is 13.7. The second kappa shape index (κ2) is 5.83. The van der Waals surface area contributed by atoms with Gasteiger partial charge in [-0.3, -0.25) is 0 Å². The van der Waals surface area contributed by atoms with Crippen molar-refractivity contribution in [2.45, 2.75) is 31.7 Å². The fourth-order valence-electron chi connectivity index (χ4n) is 2.52. The second-order valence-electron chi connectivity index (χ2n) is 4.78. The zero-order valence-electron chi connectivity index (χ0n) is 10.2. The summed E-state index contributed by atoms with van der Waals surface area (Å²) >= 11 is 0. The third-order valence-electron chi connectivity index (χ3n) is 3.58. The van der Waals surface area contributed by atoms with Crippen LogP contribution in [0, 0.1) is 23.1 Å². The number of anilines is 1. The van der Waals surface area contributed by atoms with Crippen LogP contribution >= 0.6 is 0 Å².